The third-order valence-electron chi connectivity index (χ3n) is 11.5. The van der Waals surface area contributed by atoms with Crippen molar-refractivity contribution in [3.8, 4) is 5.75 Å². The molecule has 1 aromatic carbocycles. The van der Waals surface area contributed by atoms with Crippen molar-refractivity contribution in [1.29, 1.82) is 0 Å². The maximum absolute atomic E-state index is 14.6. The lowest BCUT2D eigenvalue weighted by Gasteiger charge is -2.33. The summed E-state index contributed by atoms with van der Waals surface area (Å²) in [5.74, 6) is -7.93. The molecule has 0 radical (unpaired) electrons. The van der Waals surface area contributed by atoms with Crippen molar-refractivity contribution < 1.29 is 58.8 Å². The quantitative estimate of drug-likeness (QED) is 0.0661. The highest BCUT2D eigenvalue weighted by molar-refractivity contribution is 7.98. The number of nitrogens with one attached hydrogen (secondary N) is 6. The van der Waals surface area contributed by atoms with Gasteiger partial charge in [0.05, 0.1) is 38.3 Å². The average molecular weight is 935 g/mol. The van der Waals surface area contributed by atoms with Crippen molar-refractivity contribution in [3.63, 3.8) is 0 Å². The summed E-state index contributed by atoms with van der Waals surface area (Å²) in [7, 11) is 0. The highest BCUT2D eigenvalue weighted by Crippen LogP contribution is 2.34. The van der Waals surface area contributed by atoms with Crippen molar-refractivity contribution in [1.82, 2.24) is 36.8 Å². The number of phenols is 1. The largest absolute Gasteiger partial charge is 0.508 e. The number of rotatable bonds is 17. The van der Waals surface area contributed by atoms with Crippen LogP contribution in [-0.4, -0.2) is 160 Å². The van der Waals surface area contributed by atoms with Gasteiger partial charge in [-0.25, -0.2) is 0 Å². The zero-order chi connectivity index (χ0) is 48.7. The van der Waals surface area contributed by atoms with E-state index in [-0.39, 0.29) is 43.2 Å². The van der Waals surface area contributed by atoms with E-state index < -0.39 is 128 Å². The third kappa shape index (κ3) is 15.1. The fourth-order valence-electron chi connectivity index (χ4n) is 7.65. The molecule has 362 valence electrons. The summed E-state index contributed by atoms with van der Waals surface area (Å²) in [6.45, 7) is 8.87. The number of fused-ring (bicyclic) bond motifs is 2. The summed E-state index contributed by atoms with van der Waals surface area (Å²) in [4.78, 5) is 109. The Morgan fingerprint density at radius 3 is 2.32 bits per heavy atom. The molecular formula is C42H66N10O12S. The molecule has 0 aliphatic carbocycles. The summed E-state index contributed by atoms with van der Waals surface area (Å²) in [6, 6.07) is -5.09. The Balaban J connectivity index is 2.21. The van der Waals surface area contributed by atoms with Crippen LogP contribution < -0.4 is 49.1 Å². The number of thioether (sulfide) groups is 1. The first-order chi connectivity index (χ1) is 30.7. The molecule has 2 heterocycles. The molecule has 2 aliphatic heterocycles. The molecule has 1 aromatic rings. The highest BCUT2D eigenvalue weighted by Gasteiger charge is 2.44. The van der Waals surface area contributed by atoms with Crippen LogP contribution in [0.1, 0.15) is 70.1 Å². The molecule has 0 spiro atoms. The van der Waals surface area contributed by atoms with Gasteiger partial charge in [0.15, 0.2) is 0 Å². The van der Waals surface area contributed by atoms with Gasteiger partial charge >= 0.3 is 0 Å². The Bertz CT molecular complexity index is 1920. The second-order valence-electron chi connectivity index (χ2n) is 16.5. The molecule has 1 fully saturated rings. The van der Waals surface area contributed by atoms with E-state index in [0.717, 1.165) is 4.90 Å². The molecule has 0 bridgehead atoms. The Morgan fingerprint density at radius 2 is 1.71 bits per heavy atom. The molecule has 22 nitrogen and oxygen atoms in total. The second-order valence-corrected chi connectivity index (χ2v) is 17.7. The average Bonchev–Trinajstić information content (AvgIpc) is 3.66. The molecule has 8 amide bonds. The fourth-order valence-corrected chi connectivity index (χ4v) is 8.49. The Labute approximate surface area is 382 Å². The van der Waals surface area contributed by atoms with Crippen LogP contribution in [0.5, 0.6) is 5.75 Å². The molecule has 16 N–H and O–H groups in total. The van der Waals surface area contributed by atoms with Crippen LogP contribution in [0.4, 0.5) is 0 Å². The van der Waals surface area contributed by atoms with Crippen LogP contribution in [0, 0.1) is 11.8 Å². The number of amides is 8. The molecule has 10 atom stereocenters. The van der Waals surface area contributed by atoms with Gasteiger partial charge in [0.25, 0.3) is 0 Å². The smallest absolute Gasteiger partial charge is 0.246 e. The van der Waals surface area contributed by atoms with Gasteiger partial charge in [-0.2, -0.15) is 11.8 Å². The van der Waals surface area contributed by atoms with Crippen LogP contribution in [0.3, 0.4) is 0 Å². The lowest BCUT2D eigenvalue weighted by molar-refractivity contribution is -0.144. The maximum Gasteiger partial charge on any atom is 0.246 e. The minimum absolute atomic E-state index is 0.0571. The molecule has 65 heavy (non-hydrogen) atoms. The third-order valence-corrected chi connectivity index (χ3v) is 12.5. The van der Waals surface area contributed by atoms with Crippen LogP contribution in [-0.2, 0) is 50.5 Å². The van der Waals surface area contributed by atoms with Gasteiger partial charge in [-0.3, -0.25) is 38.4 Å². The minimum atomic E-state index is -1.77. The second kappa shape index (κ2) is 25.4. The van der Waals surface area contributed by atoms with Crippen LogP contribution in [0.2, 0.25) is 0 Å². The first kappa shape index (κ1) is 54.0. The molecule has 4 unspecified atom stereocenters. The molecular weight excluding hydrogens is 869 g/mol. The summed E-state index contributed by atoms with van der Waals surface area (Å²) < 4.78 is 0. The Hall–Kier alpha value is -5.33. The predicted molar refractivity (Wildman–Crippen MR) is 240 cm³/mol. The SMILES string of the molecule is C=C1C[C@@H](C)NC(=O)C([C@@H](C)C(O)CO)NC(=O)C2C[C@@H](O)CN2C(=O)[C@H](CC(N)=O)NC(=O)[C@@H](NC(=O)CNC(=O)C(NC(=O)CN)[C@@H](C)CC)Cc2c1ccc(O)c2CSCCN. The first-order valence-corrected chi connectivity index (χ1v) is 22.7. The number of nitrogens with zero attached hydrogens (tertiary/aromatic N) is 1. The number of primary amides is 1. The summed E-state index contributed by atoms with van der Waals surface area (Å²) >= 11 is 1.36. The van der Waals surface area contributed by atoms with Gasteiger partial charge in [-0.1, -0.05) is 39.8 Å². The van der Waals surface area contributed by atoms with Gasteiger partial charge in [0.2, 0.25) is 47.3 Å². The number of benzene rings is 1. The van der Waals surface area contributed by atoms with Crippen molar-refractivity contribution in [2.45, 2.75) is 114 Å². The summed E-state index contributed by atoms with van der Waals surface area (Å²) in [5.41, 5.74) is 18.2. The van der Waals surface area contributed by atoms with Gasteiger partial charge < -0.3 is 74.4 Å². The normalized spacial score (nSPS) is 24.1. The zero-order valence-corrected chi connectivity index (χ0v) is 38.1. The summed E-state index contributed by atoms with van der Waals surface area (Å²) in [6.07, 6.45) is -3.70. The molecule has 23 heteroatoms. The maximum atomic E-state index is 14.6. The van der Waals surface area contributed by atoms with E-state index in [9.17, 15) is 58.8 Å². The lowest BCUT2D eigenvalue weighted by Crippen LogP contribution is -2.60. The number of aliphatic hydroxyl groups is 3. The molecule has 3 rings (SSSR count). The predicted octanol–water partition coefficient (Wildman–Crippen LogP) is -4.07. The zero-order valence-electron chi connectivity index (χ0n) is 37.3. The van der Waals surface area contributed by atoms with Gasteiger partial charge in [-0.05, 0) is 42.0 Å². The molecule has 1 saturated heterocycles. The minimum Gasteiger partial charge on any atom is -0.508 e. The van der Waals surface area contributed by atoms with Crippen molar-refractivity contribution in [3.05, 3.63) is 35.4 Å². The van der Waals surface area contributed by atoms with Crippen LogP contribution in [0.25, 0.3) is 5.57 Å². The number of aromatic hydroxyl groups is 1. The molecule has 2 aliphatic rings. The van der Waals surface area contributed by atoms with Gasteiger partial charge in [0.1, 0.15) is 36.0 Å². The highest BCUT2D eigenvalue weighted by atomic mass is 32.2. The molecule has 0 aromatic heterocycles. The number of hydrogen-bond donors (Lipinski definition) is 13. The number of phenolic OH excluding ortho intramolecular Hbond substituents is 1. The number of aliphatic hydroxyl groups excluding tert-OH is 3. The fraction of sp³-hybridized carbons (Fsp3) is 0.619. The Kier molecular flexibility index (Phi) is 21.1. The van der Waals surface area contributed by atoms with Gasteiger partial charge in [0, 0.05) is 55.0 Å². The van der Waals surface area contributed by atoms with Gasteiger partial charge in [-0.15, -0.1) is 0 Å². The van der Waals surface area contributed by atoms with E-state index in [2.05, 4.69) is 38.5 Å². The Morgan fingerprint density at radius 1 is 1.02 bits per heavy atom. The number of carbonyl (C=O) groups excluding carboxylic acids is 8. The summed E-state index contributed by atoms with van der Waals surface area (Å²) in [5, 5.41) is 57.8. The van der Waals surface area contributed by atoms with E-state index in [0.29, 0.717) is 41.0 Å². The first-order valence-electron chi connectivity index (χ1n) is 21.5. The van der Waals surface area contributed by atoms with E-state index in [1.165, 1.54) is 24.8 Å². The van der Waals surface area contributed by atoms with E-state index in [4.69, 9.17) is 17.2 Å². The van der Waals surface area contributed by atoms with Crippen molar-refractivity contribution in [2.24, 2.45) is 29.0 Å². The lowest BCUT2D eigenvalue weighted by atomic mass is 9.88. The number of carbonyl (C=O) groups is 8. The van der Waals surface area contributed by atoms with E-state index in [1.54, 1.807) is 26.8 Å². The molecule has 0 saturated carbocycles. The van der Waals surface area contributed by atoms with Crippen LogP contribution in [0.15, 0.2) is 18.7 Å². The van der Waals surface area contributed by atoms with Crippen molar-refractivity contribution >= 4 is 64.6 Å². The van der Waals surface area contributed by atoms with Crippen molar-refractivity contribution in [2.75, 3.05) is 38.5 Å². The standard InChI is InChI=1S/C42H66N10O12S/c1-6-20(2)36(50-34(58)15-44)40(62)46-16-35(59)48-28-13-26-25(7-8-31(55)27(26)19-65-10-9-43)21(3)11-22(4)47-41(63)37(23(5)32(56)18-53)51-39(61)30-12-24(54)17-52(30)42(64)29(14-33(45)57)49-38(28)60/h7-8,20,22-24,28-30,32,36-37,53-56H,3,6,9-19,43-44H2,1-2,4-5H3,(H2,45,57)(H,46,62)(H,47,63)(H,48,59)(H,49,60)(H,50,58)(H,51,61)/t20-,22+,23-,24+,28-,29-,30?,32?,36?,37?/m0/s1. The van der Waals surface area contributed by atoms with E-state index >= 15 is 0 Å². The topological polar surface area (TPSA) is 371 Å². The number of nitrogens with two attached hydrogens (primary N) is 3. The van der Waals surface area contributed by atoms with Crippen LogP contribution >= 0.6 is 11.8 Å². The monoisotopic (exact) mass is 934 g/mol. The van der Waals surface area contributed by atoms with E-state index in [1.807, 2.05) is 0 Å². The number of hydrogen-bond acceptors (Lipinski definition) is 15.